The van der Waals surface area contributed by atoms with Crippen molar-refractivity contribution in [2.24, 2.45) is 5.73 Å². The highest BCUT2D eigenvalue weighted by Crippen LogP contribution is 2.21. The lowest BCUT2D eigenvalue weighted by Gasteiger charge is -2.15. The Balaban J connectivity index is 1.91. The molecule has 5 heteroatoms. The number of pyridine rings is 1. The van der Waals surface area contributed by atoms with E-state index in [1.807, 2.05) is 18.3 Å². The molecule has 2 rings (SSSR count). The maximum atomic E-state index is 5.55. The molecule has 0 saturated heterocycles. The Morgan fingerprint density at radius 3 is 2.78 bits per heavy atom. The standard InChI is InChI=1S/C13H16BrN3S/c1-17(8-13-4-11(14)9-18-13)7-12-3-2-10(5-15)6-16-12/h2-4,6,9H,5,7-8,15H2,1H3. The zero-order valence-electron chi connectivity index (χ0n) is 10.3. The van der Waals surface area contributed by atoms with Crippen molar-refractivity contribution in [1.29, 1.82) is 0 Å². The van der Waals surface area contributed by atoms with Gasteiger partial charge < -0.3 is 5.73 Å². The fraction of sp³-hybridized carbons (Fsp3) is 0.308. The van der Waals surface area contributed by atoms with Gasteiger partial charge in [-0.25, -0.2) is 0 Å². The second-order valence-electron chi connectivity index (χ2n) is 4.27. The second-order valence-corrected chi connectivity index (χ2v) is 6.18. The van der Waals surface area contributed by atoms with E-state index in [4.69, 9.17) is 5.73 Å². The first kappa shape index (κ1) is 13.7. The summed E-state index contributed by atoms with van der Waals surface area (Å²) in [4.78, 5) is 8.01. The van der Waals surface area contributed by atoms with Crippen molar-refractivity contribution in [2.45, 2.75) is 19.6 Å². The molecule has 0 aliphatic heterocycles. The number of hydrogen-bond acceptors (Lipinski definition) is 4. The topological polar surface area (TPSA) is 42.1 Å². The van der Waals surface area contributed by atoms with Crippen LogP contribution in [0.15, 0.2) is 34.2 Å². The van der Waals surface area contributed by atoms with Gasteiger partial charge in [-0.2, -0.15) is 0 Å². The molecule has 0 saturated carbocycles. The number of thiophene rings is 1. The lowest BCUT2D eigenvalue weighted by atomic mass is 10.2. The van der Waals surface area contributed by atoms with Crippen LogP contribution in [-0.4, -0.2) is 16.9 Å². The number of halogens is 1. The average molecular weight is 326 g/mol. The number of hydrogen-bond donors (Lipinski definition) is 1. The lowest BCUT2D eigenvalue weighted by Crippen LogP contribution is -2.17. The summed E-state index contributed by atoms with van der Waals surface area (Å²) in [6.45, 7) is 2.34. The molecule has 0 bridgehead atoms. The molecule has 2 N–H and O–H groups in total. The third kappa shape index (κ3) is 3.88. The SMILES string of the molecule is CN(Cc1ccc(CN)cn1)Cc1cc(Br)cs1. The van der Waals surface area contributed by atoms with Crippen LogP contribution in [0.25, 0.3) is 0 Å². The fourth-order valence-electron chi connectivity index (χ4n) is 1.70. The van der Waals surface area contributed by atoms with Crippen LogP contribution in [0.1, 0.15) is 16.1 Å². The van der Waals surface area contributed by atoms with Gasteiger partial charge in [0, 0.05) is 40.6 Å². The lowest BCUT2D eigenvalue weighted by molar-refractivity contribution is 0.318. The molecule has 2 aromatic rings. The van der Waals surface area contributed by atoms with Crippen molar-refractivity contribution in [2.75, 3.05) is 7.05 Å². The molecule has 0 atom stereocenters. The van der Waals surface area contributed by atoms with Gasteiger partial charge in [0.15, 0.2) is 0 Å². The van der Waals surface area contributed by atoms with Crippen LogP contribution in [-0.2, 0) is 19.6 Å². The van der Waals surface area contributed by atoms with Gasteiger partial charge in [-0.1, -0.05) is 6.07 Å². The van der Waals surface area contributed by atoms with Crippen molar-refractivity contribution in [3.05, 3.63) is 50.4 Å². The van der Waals surface area contributed by atoms with E-state index in [9.17, 15) is 0 Å². The Morgan fingerprint density at radius 1 is 1.39 bits per heavy atom. The number of rotatable bonds is 5. The van der Waals surface area contributed by atoms with Crippen molar-refractivity contribution in [3.8, 4) is 0 Å². The number of aromatic nitrogens is 1. The summed E-state index contributed by atoms with van der Waals surface area (Å²) in [5.74, 6) is 0. The van der Waals surface area contributed by atoms with Crippen LogP contribution in [0.5, 0.6) is 0 Å². The minimum absolute atomic E-state index is 0.548. The quantitative estimate of drug-likeness (QED) is 0.918. The number of nitrogens with two attached hydrogens (primary N) is 1. The molecule has 2 aromatic heterocycles. The highest BCUT2D eigenvalue weighted by Gasteiger charge is 2.05. The van der Waals surface area contributed by atoms with Gasteiger partial charge in [-0.3, -0.25) is 9.88 Å². The van der Waals surface area contributed by atoms with E-state index in [1.165, 1.54) is 4.88 Å². The third-order valence-corrected chi connectivity index (χ3v) is 4.28. The van der Waals surface area contributed by atoms with Crippen molar-refractivity contribution >= 4 is 27.3 Å². The first-order valence-electron chi connectivity index (χ1n) is 5.72. The molecule has 3 nitrogen and oxygen atoms in total. The summed E-state index contributed by atoms with van der Waals surface area (Å²) in [7, 11) is 2.10. The molecule has 18 heavy (non-hydrogen) atoms. The van der Waals surface area contributed by atoms with Gasteiger partial charge in [0.05, 0.1) is 5.69 Å². The number of nitrogens with zero attached hydrogens (tertiary/aromatic N) is 2. The minimum atomic E-state index is 0.548. The molecule has 0 aliphatic carbocycles. The highest BCUT2D eigenvalue weighted by molar-refractivity contribution is 9.10. The summed E-state index contributed by atoms with van der Waals surface area (Å²) < 4.78 is 1.15. The molecule has 96 valence electrons. The monoisotopic (exact) mass is 325 g/mol. The first-order chi connectivity index (χ1) is 8.67. The Hall–Kier alpha value is -0.750. The molecular weight excluding hydrogens is 310 g/mol. The molecule has 0 unspecified atom stereocenters. The van der Waals surface area contributed by atoms with Gasteiger partial charge in [0.1, 0.15) is 0 Å². The fourth-order valence-corrected chi connectivity index (χ4v) is 3.23. The zero-order chi connectivity index (χ0) is 13.0. The summed E-state index contributed by atoms with van der Waals surface area (Å²) in [6, 6.07) is 6.24. The predicted octanol–water partition coefficient (Wildman–Crippen LogP) is 3.00. The minimum Gasteiger partial charge on any atom is -0.326 e. The molecule has 2 heterocycles. The second kappa shape index (κ2) is 6.43. The van der Waals surface area contributed by atoms with Gasteiger partial charge in [0.25, 0.3) is 0 Å². The van der Waals surface area contributed by atoms with E-state index in [0.29, 0.717) is 6.54 Å². The molecule has 0 aliphatic rings. The molecule has 0 amide bonds. The average Bonchev–Trinajstić information content (AvgIpc) is 2.75. The van der Waals surface area contributed by atoms with Crippen LogP contribution >= 0.6 is 27.3 Å². The van der Waals surface area contributed by atoms with Gasteiger partial charge in [-0.05, 0) is 40.7 Å². The summed E-state index contributed by atoms with van der Waals surface area (Å²) in [5, 5.41) is 2.11. The normalized spacial score (nSPS) is 11.1. The zero-order valence-corrected chi connectivity index (χ0v) is 12.7. The van der Waals surface area contributed by atoms with Crippen molar-refractivity contribution in [1.82, 2.24) is 9.88 Å². The third-order valence-electron chi connectivity index (χ3n) is 2.60. The van der Waals surface area contributed by atoms with Gasteiger partial charge in [0.2, 0.25) is 0 Å². The Bertz CT molecular complexity index is 495. The van der Waals surface area contributed by atoms with E-state index >= 15 is 0 Å². The van der Waals surface area contributed by atoms with E-state index < -0.39 is 0 Å². The van der Waals surface area contributed by atoms with Crippen molar-refractivity contribution < 1.29 is 0 Å². The van der Waals surface area contributed by atoms with E-state index in [1.54, 1.807) is 11.3 Å². The smallest absolute Gasteiger partial charge is 0.0544 e. The molecule has 0 spiro atoms. The van der Waals surface area contributed by atoms with Crippen LogP contribution in [0.3, 0.4) is 0 Å². The maximum absolute atomic E-state index is 5.55. The first-order valence-corrected chi connectivity index (χ1v) is 7.40. The Morgan fingerprint density at radius 2 is 2.22 bits per heavy atom. The summed E-state index contributed by atoms with van der Waals surface area (Å²) in [6.07, 6.45) is 1.85. The Labute approximate surface area is 120 Å². The largest absolute Gasteiger partial charge is 0.326 e. The Kier molecular flexibility index (Phi) is 4.88. The predicted molar refractivity (Wildman–Crippen MR) is 79.3 cm³/mol. The van der Waals surface area contributed by atoms with E-state index in [2.05, 4.69) is 44.3 Å². The summed E-state index contributed by atoms with van der Waals surface area (Å²) >= 11 is 5.24. The maximum Gasteiger partial charge on any atom is 0.0544 e. The van der Waals surface area contributed by atoms with Crippen LogP contribution in [0.4, 0.5) is 0 Å². The van der Waals surface area contributed by atoms with E-state index in [0.717, 1.165) is 28.8 Å². The van der Waals surface area contributed by atoms with Crippen LogP contribution in [0, 0.1) is 0 Å². The van der Waals surface area contributed by atoms with Crippen molar-refractivity contribution in [3.63, 3.8) is 0 Å². The van der Waals surface area contributed by atoms with Crippen LogP contribution in [0.2, 0.25) is 0 Å². The van der Waals surface area contributed by atoms with E-state index in [-0.39, 0.29) is 0 Å². The molecular formula is C13H16BrN3S. The van der Waals surface area contributed by atoms with Gasteiger partial charge >= 0.3 is 0 Å². The van der Waals surface area contributed by atoms with Gasteiger partial charge in [-0.15, -0.1) is 11.3 Å². The van der Waals surface area contributed by atoms with Crippen LogP contribution < -0.4 is 5.73 Å². The highest BCUT2D eigenvalue weighted by atomic mass is 79.9. The molecule has 0 fully saturated rings. The molecule has 0 radical (unpaired) electrons. The summed E-state index contributed by atoms with van der Waals surface area (Å²) in [5.41, 5.74) is 7.70. The molecule has 0 aromatic carbocycles.